The largest absolute Gasteiger partial charge is 0.309 e. The summed E-state index contributed by atoms with van der Waals surface area (Å²) in [4.78, 5) is 2.25. The van der Waals surface area contributed by atoms with Crippen LogP contribution in [0.5, 0.6) is 0 Å². The van der Waals surface area contributed by atoms with Gasteiger partial charge < -0.3 is 4.90 Å². The Balaban J connectivity index is 1.82. The average Bonchev–Trinajstić information content (AvgIpc) is 2.42. The summed E-state index contributed by atoms with van der Waals surface area (Å²) in [7, 11) is 4.28. The number of benzene rings is 2. The molecule has 0 saturated carbocycles. The predicted octanol–water partition coefficient (Wildman–Crippen LogP) is 4.32. The van der Waals surface area contributed by atoms with Gasteiger partial charge in [0.05, 0.1) is 0 Å². The molecular formula is C18H24N. The lowest BCUT2D eigenvalue weighted by molar-refractivity contribution is 0.394. The lowest BCUT2D eigenvalue weighted by Crippen LogP contribution is -2.12. The molecule has 2 aromatic rings. The Labute approximate surface area is 117 Å². The molecule has 0 bridgehead atoms. The van der Waals surface area contributed by atoms with Crippen molar-refractivity contribution in [1.29, 1.82) is 0 Å². The first-order valence-electron chi connectivity index (χ1n) is 7.20. The van der Waals surface area contributed by atoms with Crippen LogP contribution in [0.1, 0.15) is 24.8 Å². The molecule has 1 radical (unpaired) electrons. The van der Waals surface area contributed by atoms with Crippen molar-refractivity contribution < 1.29 is 0 Å². The fourth-order valence-electron chi connectivity index (χ4n) is 2.44. The first kappa shape index (κ1) is 14.1. The number of rotatable bonds is 7. The van der Waals surface area contributed by atoms with E-state index in [0.29, 0.717) is 0 Å². The van der Waals surface area contributed by atoms with Crippen LogP contribution in [0.2, 0.25) is 0 Å². The SMILES string of the molecule is CN(C)CCCC[CH]Cc1cccc2ccccc12. The highest BCUT2D eigenvalue weighted by Gasteiger charge is 2.00. The molecule has 0 unspecified atom stereocenters. The molecule has 0 aliphatic carbocycles. The van der Waals surface area contributed by atoms with E-state index in [2.05, 4.69) is 67.9 Å². The molecule has 0 aliphatic rings. The maximum Gasteiger partial charge on any atom is -0.00248 e. The van der Waals surface area contributed by atoms with Gasteiger partial charge in [-0.3, -0.25) is 0 Å². The van der Waals surface area contributed by atoms with E-state index in [1.807, 2.05) is 0 Å². The highest BCUT2D eigenvalue weighted by molar-refractivity contribution is 5.85. The molecule has 0 N–H and O–H groups in total. The summed E-state index contributed by atoms with van der Waals surface area (Å²) in [6.45, 7) is 1.20. The highest BCUT2D eigenvalue weighted by atomic mass is 15.0. The quantitative estimate of drug-likeness (QED) is 0.665. The molecule has 19 heavy (non-hydrogen) atoms. The summed E-state index contributed by atoms with van der Waals surface area (Å²) in [5, 5.41) is 2.75. The van der Waals surface area contributed by atoms with Crippen molar-refractivity contribution in [3.05, 3.63) is 54.4 Å². The lowest BCUT2D eigenvalue weighted by atomic mass is 9.99. The molecule has 0 saturated heterocycles. The Morgan fingerprint density at radius 3 is 2.58 bits per heavy atom. The zero-order valence-electron chi connectivity index (χ0n) is 12.1. The molecule has 1 heteroatoms. The molecule has 0 aromatic heterocycles. The smallest absolute Gasteiger partial charge is 0.00248 e. The summed E-state index contributed by atoms with van der Waals surface area (Å²) >= 11 is 0. The van der Waals surface area contributed by atoms with Crippen molar-refractivity contribution in [1.82, 2.24) is 4.90 Å². The van der Waals surface area contributed by atoms with Crippen LogP contribution in [-0.2, 0) is 6.42 Å². The first-order chi connectivity index (χ1) is 9.27. The fraction of sp³-hybridized carbons (Fsp3) is 0.389. The minimum absolute atomic E-state index is 1.09. The summed E-state index contributed by atoms with van der Waals surface area (Å²) in [6, 6.07) is 15.3. The first-order valence-corrected chi connectivity index (χ1v) is 7.20. The zero-order chi connectivity index (χ0) is 13.5. The van der Waals surface area contributed by atoms with Gasteiger partial charge in [-0.15, -0.1) is 0 Å². The van der Waals surface area contributed by atoms with Crippen LogP contribution in [-0.4, -0.2) is 25.5 Å². The van der Waals surface area contributed by atoms with E-state index in [0.717, 1.165) is 6.42 Å². The molecule has 0 amide bonds. The monoisotopic (exact) mass is 254 g/mol. The molecular weight excluding hydrogens is 230 g/mol. The van der Waals surface area contributed by atoms with Crippen LogP contribution in [0.3, 0.4) is 0 Å². The fourth-order valence-corrected chi connectivity index (χ4v) is 2.44. The molecule has 2 aromatic carbocycles. The number of hydrogen-bond acceptors (Lipinski definition) is 1. The van der Waals surface area contributed by atoms with Crippen LogP contribution in [0.25, 0.3) is 10.8 Å². The van der Waals surface area contributed by atoms with Crippen molar-refractivity contribution in [2.75, 3.05) is 20.6 Å². The maximum absolute atomic E-state index is 2.43. The van der Waals surface area contributed by atoms with E-state index in [-0.39, 0.29) is 0 Å². The van der Waals surface area contributed by atoms with E-state index in [1.165, 1.54) is 42.1 Å². The second kappa shape index (κ2) is 7.30. The van der Waals surface area contributed by atoms with Gasteiger partial charge in [-0.1, -0.05) is 48.9 Å². The summed E-state index contributed by atoms with van der Waals surface area (Å²) < 4.78 is 0. The Morgan fingerprint density at radius 1 is 0.947 bits per heavy atom. The molecule has 1 nitrogen and oxygen atoms in total. The normalized spacial score (nSPS) is 11.3. The number of nitrogens with zero attached hydrogens (tertiary/aromatic N) is 1. The van der Waals surface area contributed by atoms with E-state index >= 15 is 0 Å². The minimum atomic E-state index is 1.09. The standard InChI is InChI=1S/C18H24N/c1-19(2)15-8-4-3-5-10-16-12-9-13-17-11-6-7-14-18(16)17/h5-7,9,11-14H,3-4,8,10,15H2,1-2H3. The van der Waals surface area contributed by atoms with Gasteiger partial charge in [-0.2, -0.15) is 0 Å². The Morgan fingerprint density at radius 2 is 1.74 bits per heavy atom. The van der Waals surface area contributed by atoms with Crippen molar-refractivity contribution in [3.63, 3.8) is 0 Å². The number of hydrogen-bond donors (Lipinski definition) is 0. The third-order valence-corrected chi connectivity index (χ3v) is 3.51. The van der Waals surface area contributed by atoms with Crippen molar-refractivity contribution in [3.8, 4) is 0 Å². The number of fused-ring (bicyclic) bond motifs is 1. The molecule has 0 fully saturated rings. The van der Waals surface area contributed by atoms with E-state index in [9.17, 15) is 0 Å². The average molecular weight is 254 g/mol. The maximum atomic E-state index is 2.43. The van der Waals surface area contributed by atoms with Gasteiger partial charge in [0.15, 0.2) is 0 Å². The predicted molar refractivity (Wildman–Crippen MR) is 84.4 cm³/mol. The van der Waals surface area contributed by atoms with E-state index in [1.54, 1.807) is 0 Å². The van der Waals surface area contributed by atoms with Crippen LogP contribution < -0.4 is 0 Å². The molecule has 0 atom stereocenters. The van der Waals surface area contributed by atoms with Gasteiger partial charge in [0.1, 0.15) is 0 Å². The second-order valence-corrected chi connectivity index (χ2v) is 5.43. The number of unbranched alkanes of at least 4 members (excludes halogenated alkanes) is 3. The van der Waals surface area contributed by atoms with Gasteiger partial charge in [0.25, 0.3) is 0 Å². The third kappa shape index (κ3) is 4.36. The Hall–Kier alpha value is -1.34. The van der Waals surface area contributed by atoms with Crippen LogP contribution in [0.15, 0.2) is 42.5 Å². The Bertz CT molecular complexity index is 497. The van der Waals surface area contributed by atoms with Gasteiger partial charge in [0, 0.05) is 0 Å². The lowest BCUT2D eigenvalue weighted by Gasteiger charge is -2.09. The summed E-state index contributed by atoms with van der Waals surface area (Å²) in [5.74, 6) is 0. The van der Waals surface area contributed by atoms with Crippen LogP contribution in [0.4, 0.5) is 0 Å². The molecule has 2 rings (SSSR count). The molecule has 0 spiro atoms. The van der Waals surface area contributed by atoms with Gasteiger partial charge in [0.2, 0.25) is 0 Å². The van der Waals surface area contributed by atoms with Gasteiger partial charge in [-0.25, -0.2) is 0 Å². The summed E-state index contributed by atoms with van der Waals surface area (Å²) in [6.07, 6.45) is 7.32. The molecule has 101 valence electrons. The topological polar surface area (TPSA) is 3.24 Å². The molecule has 0 heterocycles. The van der Waals surface area contributed by atoms with E-state index < -0.39 is 0 Å². The zero-order valence-corrected chi connectivity index (χ0v) is 12.1. The molecule has 0 aliphatic heterocycles. The van der Waals surface area contributed by atoms with Crippen molar-refractivity contribution in [2.45, 2.75) is 25.7 Å². The second-order valence-electron chi connectivity index (χ2n) is 5.43. The van der Waals surface area contributed by atoms with E-state index in [4.69, 9.17) is 0 Å². The van der Waals surface area contributed by atoms with Gasteiger partial charge in [-0.05, 0) is 62.7 Å². The van der Waals surface area contributed by atoms with Gasteiger partial charge >= 0.3 is 0 Å². The minimum Gasteiger partial charge on any atom is -0.309 e. The van der Waals surface area contributed by atoms with Crippen LogP contribution >= 0.6 is 0 Å². The van der Waals surface area contributed by atoms with Crippen molar-refractivity contribution in [2.24, 2.45) is 0 Å². The highest BCUT2D eigenvalue weighted by Crippen LogP contribution is 2.20. The van der Waals surface area contributed by atoms with Crippen LogP contribution in [0, 0.1) is 6.42 Å². The summed E-state index contributed by atoms with van der Waals surface area (Å²) in [5.41, 5.74) is 1.45. The Kier molecular flexibility index (Phi) is 5.41. The third-order valence-electron chi connectivity index (χ3n) is 3.51. The van der Waals surface area contributed by atoms with Crippen molar-refractivity contribution >= 4 is 10.8 Å².